The lowest BCUT2D eigenvalue weighted by atomic mass is 9.57. The number of pyridine rings is 1. The maximum atomic E-state index is 13.4. The van der Waals surface area contributed by atoms with Gasteiger partial charge in [-0.15, -0.1) is 0 Å². The molecule has 330 valence electrons. The van der Waals surface area contributed by atoms with E-state index in [0.29, 0.717) is 44.9 Å². The molecule has 3 saturated heterocycles. The number of nitrogens with zero attached hydrogens (tertiary/aromatic N) is 7. The van der Waals surface area contributed by atoms with Crippen LogP contribution >= 0.6 is 11.6 Å². The van der Waals surface area contributed by atoms with Gasteiger partial charge in [-0.05, 0) is 99.7 Å². The summed E-state index contributed by atoms with van der Waals surface area (Å²) in [5.41, 5.74) is 2.99. The third kappa shape index (κ3) is 8.19. The number of carbonyl (C=O) groups is 5. The number of ether oxygens (including phenoxy) is 1. The van der Waals surface area contributed by atoms with Gasteiger partial charge in [0.1, 0.15) is 11.1 Å². The molecule has 6 heterocycles. The Morgan fingerprint density at radius 3 is 2.40 bits per heavy atom. The number of aromatic nitrogens is 3. The minimum Gasteiger partial charge on any atom is -0.478 e. The van der Waals surface area contributed by atoms with E-state index in [9.17, 15) is 28.8 Å². The lowest BCUT2D eigenvalue weighted by molar-refractivity contribution is -0.136. The second kappa shape index (κ2) is 16.9. The van der Waals surface area contributed by atoms with Gasteiger partial charge in [0.25, 0.3) is 23.3 Å². The maximum Gasteiger partial charge on any atom is 0.293 e. The van der Waals surface area contributed by atoms with Crippen LogP contribution in [0.15, 0.2) is 53.5 Å². The Labute approximate surface area is 369 Å². The number of likely N-dealkylation sites (N-methyl/N-ethyl adjacent to an activating group) is 1. The molecule has 0 bridgehead atoms. The van der Waals surface area contributed by atoms with E-state index in [4.69, 9.17) is 21.3 Å². The van der Waals surface area contributed by atoms with E-state index >= 15 is 0 Å². The molecule has 4 aromatic rings. The first-order chi connectivity index (χ1) is 30.3. The molecule has 4 fully saturated rings. The highest BCUT2D eigenvalue weighted by molar-refractivity contribution is 6.33. The van der Waals surface area contributed by atoms with Crippen molar-refractivity contribution in [3.63, 3.8) is 0 Å². The number of hydrogen-bond donors (Lipinski definition) is 3. The van der Waals surface area contributed by atoms with Gasteiger partial charge >= 0.3 is 0 Å². The number of piperazine rings is 1. The van der Waals surface area contributed by atoms with Crippen LogP contribution in [0.4, 0.5) is 23.1 Å². The second-order valence-corrected chi connectivity index (χ2v) is 18.1. The fraction of sp³-hybridized carbons (Fsp3) is 0.467. The van der Waals surface area contributed by atoms with Crippen LogP contribution in [0.1, 0.15) is 79.1 Å². The van der Waals surface area contributed by atoms with Crippen LogP contribution in [0.25, 0.3) is 10.9 Å². The summed E-state index contributed by atoms with van der Waals surface area (Å²) in [5, 5.41) is 9.22. The summed E-state index contributed by atoms with van der Waals surface area (Å²) in [6.45, 7) is 9.76. The average Bonchev–Trinajstić information content (AvgIpc) is 3.51. The number of nitrogens with one attached hydrogen (secondary N) is 3. The zero-order valence-corrected chi connectivity index (χ0v) is 36.4. The number of fused-ring (bicyclic) bond motifs is 2. The molecule has 0 radical (unpaired) electrons. The molecule has 1 spiro atoms. The van der Waals surface area contributed by atoms with Crippen LogP contribution in [0.2, 0.25) is 5.02 Å². The predicted octanol–water partition coefficient (Wildman–Crippen LogP) is 4.11. The van der Waals surface area contributed by atoms with Crippen molar-refractivity contribution in [3.8, 4) is 5.75 Å². The molecule has 3 N–H and O–H groups in total. The summed E-state index contributed by atoms with van der Waals surface area (Å²) < 4.78 is 7.27. The Bertz CT molecular complexity index is 2570. The predicted molar refractivity (Wildman–Crippen MR) is 237 cm³/mol. The number of amides is 5. The first kappa shape index (κ1) is 42.2. The summed E-state index contributed by atoms with van der Waals surface area (Å²) in [7, 11) is 1.51. The van der Waals surface area contributed by atoms with Crippen molar-refractivity contribution in [2.24, 2.45) is 11.3 Å². The lowest BCUT2D eigenvalue weighted by Crippen LogP contribution is -2.54. The van der Waals surface area contributed by atoms with Gasteiger partial charge in [0.05, 0.1) is 22.8 Å². The van der Waals surface area contributed by atoms with E-state index in [-0.39, 0.29) is 42.7 Å². The highest BCUT2D eigenvalue weighted by Gasteiger charge is 2.47. The third-order valence-corrected chi connectivity index (χ3v) is 13.7. The van der Waals surface area contributed by atoms with Crippen LogP contribution in [-0.4, -0.2) is 119 Å². The topological polar surface area (TPSA) is 191 Å². The number of piperidine rings is 2. The van der Waals surface area contributed by atoms with Crippen molar-refractivity contribution < 1.29 is 28.7 Å². The standard InChI is InChI=1S/C45H51ClN10O7/c1-26(2)55-34-7-4-29(18-28(34)19-36(43(55)62)63-25-38(58)47-3)49-39-33(46)23-48-44(51-39)54-16-14-52(15-17-54)24-27-21-45(22-27)10-12-53(13-11-45)30-5-6-31-32(20-30)42(61)56(41(31)60)35-8-9-37(57)50-40(35)59/h4-7,18-20,23,26-27,35H,8-17,21-22,24-25H2,1-3H3,(H,47,58)(H,48,49,51)(H,50,57,59). The molecule has 17 nitrogen and oxygen atoms in total. The molecular formula is C45H51ClN10O7. The van der Waals surface area contributed by atoms with Crippen LogP contribution in [-0.2, 0) is 14.4 Å². The number of carbonyl (C=O) groups excluding carboxylic acids is 5. The zero-order valence-electron chi connectivity index (χ0n) is 35.6. The highest BCUT2D eigenvalue weighted by Crippen LogP contribution is 2.53. The van der Waals surface area contributed by atoms with Gasteiger partial charge in [-0.25, -0.2) is 4.98 Å². The normalized spacial score (nSPS) is 20.3. The number of halogens is 1. The molecule has 1 saturated carbocycles. The Balaban J connectivity index is 0.765. The van der Waals surface area contributed by atoms with E-state index in [2.05, 4.69) is 35.6 Å². The molecule has 18 heteroatoms. The lowest BCUT2D eigenvalue weighted by Gasteiger charge is -2.54. The van der Waals surface area contributed by atoms with E-state index < -0.39 is 29.7 Å². The Hall–Kier alpha value is -6.07. The summed E-state index contributed by atoms with van der Waals surface area (Å²) in [4.78, 5) is 93.2. The number of rotatable bonds is 11. The highest BCUT2D eigenvalue weighted by atomic mass is 35.5. The van der Waals surface area contributed by atoms with Gasteiger partial charge in [0.2, 0.25) is 17.8 Å². The van der Waals surface area contributed by atoms with Crippen LogP contribution < -0.4 is 36.0 Å². The third-order valence-electron chi connectivity index (χ3n) is 13.4. The molecule has 1 atom stereocenters. The largest absolute Gasteiger partial charge is 0.478 e. The van der Waals surface area contributed by atoms with E-state index in [1.807, 2.05) is 38.1 Å². The second-order valence-electron chi connectivity index (χ2n) is 17.7. The van der Waals surface area contributed by atoms with E-state index in [1.165, 1.54) is 19.9 Å². The first-order valence-electron chi connectivity index (χ1n) is 21.7. The molecule has 2 aromatic heterocycles. The summed E-state index contributed by atoms with van der Waals surface area (Å²) in [5.74, 6) is -0.496. The van der Waals surface area contributed by atoms with Crippen molar-refractivity contribution in [3.05, 3.63) is 75.2 Å². The Kier molecular flexibility index (Phi) is 11.3. The molecule has 5 amide bonds. The van der Waals surface area contributed by atoms with Gasteiger partial charge < -0.3 is 29.7 Å². The molecule has 1 unspecified atom stereocenters. The van der Waals surface area contributed by atoms with Crippen LogP contribution in [0.5, 0.6) is 5.75 Å². The summed E-state index contributed by atoms with van der Waals surface area (Å²) >= 11 is 6.61. The number of benzene rings is 2. The minimum absolute atomic E-state index is 0.0905. The van der Waals surface area contributed by atoms with E-state index in [0.717, 1.165) is 80.1 Å². The fourth-order valence-corrected chi connectivity index (χ4v) is 10.2. The van der Waals surface area contributed by atoms with Crippen molar-refractivity contribution in [1.29, 1.82) is 0 Å². The smallest absolute Gasteiger partial charge is 0.293 e. The fourth-order valence-electron chi connectivity index (χ4n) is 10.1. The number of imide groups is 2. The maximum absolute atomic E-state index is 13.4. The van der Waals surface area contributed by atoms with Crippen LogP contribution in [0.3, 0.4) is 0 Å². The summed E-state index contributed by atoms with van der Waals surface area (Å²) in [6, 6.07) is 11.6. The molecule has 2 aromatic carbocycles. The quantitative estimate of drug-likeness (QED) is 0.183. The van der Waals surface area contributed by atoms with Gasteiger partial charge in [0, 0.05) is 82.1 Å². The van der Waals surface area contributed by atoms with Gasteiger partial charge in [-0.2, -0.15) is 4.98 Å². The molecule has 9 rings (SSSR count). The Morgan fingerprint density at radius 2 is 1.68 bits per heavy atom. The molecule has 1 aliphatic carbocycles. The molecule has 63 heavy (non-hydrogen) atoms. The zero-order chi connectivity index (χ0) is 44.2. The van der Waals surface area contributed by atoms with Crippen molar-refractivity contribution in [2.75, 3.05) is 74.6 Å². The van der Waals surface area contributed by atoms with Gasteiger partial charge in [0.15, 0.2) is 18.2 Å². The monoisotopic (exact) mass is 878 g/mol. The average molecular weight is 879 g/mol. The number of hydrogen-bond acceptors (Lipinski definition) is 13. The van der Waals surface area contributed by atoms with Crippen molar-refractivity contribution >= 4 is 75.2 Å². The minimum atomic E-state index is -0.974. The number of anilines is 4. The SMILES string of the molecule is CNC(=O)COc1cc2cc(Nc3nc(N4CCN(CC5CC6(CCN(c7ccc8c(c7)C(=O)N(C7CCC(=O)NC7=O)C8=O)CC6)C5)CC4)ncc3Cl)ccc2n(C(C)C)c1=O. The van der Waals surface area contributed by atoms with Gasteiger partial charge in [-0.1, -0.05) is 11.6 Å². The van der Waals surface area contributed by atoms with Crippen molar-refractivity contribution in [2.45, 2.75) is 64.5 Å². The van der Waals surface area contributed by atoms with Crippen molar-refractivity contribution in [1.82, 2.24) is 35.0 Å². The van der Waals surface area contributed by atoms with Crippen LogP contribution in [0, 0.1) is 11.3 Å². The first-order valence-corrected chi connectivity index (χ1v) is 22.1. The Morgan fingerprint density at radius 1 is 0.937 bits per heavy atom. The molecular weight excluding hydrogens is 828 g/mol. The molecule has 4 aliphatic heterocycles. The summed E-state index contributed by atoms with van der Waals surface area (Å²) in [6.07, 6.45) is 6.37. The van der Waals surface area contributed by atoms with E-state index in [1.54, 1.807) is 29.0 Å². The van der Waals surface area contributed by atoms with Gasteiger partial charge in [-0.3, -0.25) is 43.9 Å². The molecule has 5 aliphatic rings.